The van der Waals surface area contributed by atoms with Gasteiger partial charge in [0.2, 0.25) is 5.91 Å². The highest BCUT2D eigenvalue weighted by molar-refractivity contribution is 5.74. The fraction of sp³-hybridized carbons (Fsp3) is 0.812. The third-order valence-electron chi connectivity index (χ3n) is 2.74. The molecule has 0 spiro atoms. The molecule has 0 radical (unpaired) electrons. The Balaban J connectivity index is -0.000000375. The zero-order valence-electron chi connectivity index (χ0n) is 17.3. The number of carboxylic acid groups (broad SMARTS) is 1. The van der Waals surface area contributed by atoms with Crippen LogP contribution in [-0.2, 0) is 14.3 Å². The third kappa shape index (κ3) is 35.2. The number of likely N-dealkylation sites (N-methyl/N-ethyl adjacent to an activating group) is 1. The Morgan fingerprint density at radius 2 is 1.79 bits per heavy atom. The highest BCUT2D eigenvalue weighted by atomic mass is 16.5. The van der Waals surface area contributed by atoms with Gasteiger partial charge in [0.05, 0.1) is 46.9 Å². The van der Waals surface area contributed by atoms with E-state index in [1.807, 2.05) is 0 Å². The van der Waals surface area contributed by atoms with E-state index in [0.717, 1.165) is 11.0 Å². The summed E-state index contributed by atoms with van der Waals surface area (Å²) in [6.07, 6.45) is 0.134. The van der Waals surface area contributed by atoms with Crippen molar-refractivity contribution in [2.75, 3.05) is 54.1 Å². The van der Waals surface area contributed by atoms with Gasteiger partial charge in [-0.05, 0) is 12.8 Å². The van der Waals surface area contributed by atoms with Gasteiger partial charge in [-0.3, -0.25) is 10.2 Å². The molecule has 0 aromatic heterocycles. The summed E-state index contributed by atoms with van der Waals surface area (Å²) in [6, 6.07) is -0.932. The number of aliphatic hydroxyl groups is 2. The number of ether oxygens (including phenoxy) is 1. The quantitative estimate of drug-likeness (QED) is 0.0759. The number of amides is 1. The summed E-state index contributed by atoms with van der Waals surface area (Å²) in [5, 5.41) is 36.8. The average molecular weight is 411 g/mol. The van der Waals surface area contributed by atoms with Crippen molar-refractivity contribution in [2.24, 2.45) is 17.2 Å². The fourth-order valence-electron chi connectivity index (χ4n) is 1.27. The Kier molecular flexibility index (Phi) is 20.2. The van der Waals surface area contributed by atoms with Gasteiger partial charge in [-0.1, -0.05) is 0 Å². The Morgan fingerprint density at radius 1 is 1.29 bits per heavy atom. The van der Waals surface area contributed by atoms with Crippen LogP contribution in [0.3, 0.4) is 0 Å². The van der Waals surface area contributed by atoms with Crippen LogP contribution in [0, 0.1) is 5.41 Å². The monoisotopic (exact) mass is 410 g/mol. The lowest BCUT2D eigenvalue weighted by Gasteiger charge is -2.23. The minimum Gasteiger partial charge on any atom is -0.548 e. The normalized spacial score (nSPS) is 12.4. The van der Waals surface area contributed by atoms with Crippen LogP contribution in [0.1, 0.15) is 19.8 Å². The third-order valence-corrected chi connectivity index (χ3v) is 2.74. The molecule has 0 aliphatic heterocycles. The second-order valence-electron chi connectivity index (χ2n) is 6.94. The van der Waals surface area contributed by atoms with Crippen LogP contribution in [0.15, 0.2) is 0 Å². The van der Waals surface area contributed by atoms with Crippen LogP contribution in [0.2, 0.25) is 0 Å². The Bertz CT molecular complexity index is 426. The lowest BCUT2D eigenvalue weighted by Crippen LogP contribution is -2.42. The molecule has 12 nitrogen and oxygen atoms in total. The van der Waals surface area contributed by atoms with E-state index in [9.17, 15) is 14.7 Å². The van der Waals surface area contributed by atoms with E-state index in [-0.39, 0.29) is 25.1 Å². The van der Waals surface area contributed by atoms with Crippen LogP contribution >= 0.6 is 0 Å². The number of nitrogens with one attached hydrogen (secondary N) is 2. The number of carbonyl (C=O) groups excluding carboxylic acids is 2. The van der Waals surface area contributed by atoms with Gasteiger partial charge in [0, 0.05) is 19.5 Å². The van der Waals surface area contributed by atoms with Crippen molar-refractivity contribution in [3.05, 3.63) is 0 Å². The number of guanidine groups is 1. The van der Waals surface area contributed by atoms with Crippen molar-refractivity contribution in [2.45, 2.75) is 31.9 Å². The number of carbonyl (C=O) groups is 2. The summed E-state index contributed by atoms with van der Waals surface area (Å²) in [5.74, 6) is -1.71. The summed E-state index contributed by atoms with van der Waals surface area (Å²) >= 11 is 0. The Hall–Kier alpha value is -1.99. The van der Waals surface area contributed by atoms with Crippen molar-refractivity contribution in [1.29, 1.82) is 5.41 Å². The molecule has 1 amide bonds. The molecule has 0 aromatic rings. The van der Waals surface area contributed by atoms with Crippen molar-refractivity contribution < 1.29 is 34.1 Å². The molecule has 10 N–H and O–H groups in total. The van der Waals surface area contributed by atoms with Gasteiger partial charge in [0.1, 0.15) is 12.6 Å². The number of quaternary nitrogens is 1. The molecule has 28 heavy (non-hydrogen) atoms. The van der Waals surface area contributed by atoms with Crippen molar-refractivity contribution in [3.63, 3.8) is 0 Å². The summed E-state index contributed by atoms with van der Waals surface area (Å²) in [4.78, 5) is 19.3. The number of primary amides is 1. The first kappa shape index (κ1) is 30.7. The van der Waals surface area contributed by atoms with Gasteiger partial charge in [-0.25, -0.2) is 0 Å². The van der Waals surface area contributed by atoms with Crippen LogP contribution in [0.4, 0.5) is 0 Å². The molecule has 0 fully saturated rings. The molecule has 0 saturated carbocycles. The number of carboxylic acids is 1. The van der Waals surface area contributed by atoms with E-state index >= 15 is 0 Å². The largest absolute Gasteiger partial charge is 0.548 e. The first-order valence-corrected chi connectivity index (χ1v) is 8.70. The lowest BCUT2D eigenvalue weighted by atomic mass is 10.2. The lowest BCUT2D eigenvalue weighted by molar-refractivity contribution is -0.870. The summed E-state index contributed by atoms with van der Waals surface area (Å²) in [5.41, 5.74) is 14.6. The van der Waals surface area contributed by atoms with Gasteiger partial charge in [0.25, 0.3) is 0 Å². The second kappa shape index (κ2) is 18.4. The second-order valence-corrected chi connectivity index (χ2v) is 6.94. The van der Waals surface area contributed by atoms with E-state index in [2.05, 4.69) is 32.2 Å². The maximum absolute atomic E-state index is 10.1. The zero-order chi connectivity index (χ0) is 22.8. The minimum absolute atomic E-state index is 0.128. The molecule has 0 bridgehead atoms. The first-order valence-electron chi connectivity index (χ1n) is 8.70. The smallest absolute Gasteiger partial charge is 0.214 e. The molecular formula is C16H38N6O6. The van der Waals surface area contributed by atoms with Gasteiger partial charge in [-0.2, -0.15) is 0 Å². The molecule has 0 rings (SSSR count). The number of nitrogens with zero attached hydrogens (tertiary/aromatic N) is 1. The van der Waals surface area contributed by atoms with Gasteiger partial charge in [0.15, 0.2) is 5.96 Å². The van der Waals surface area contributed by atoms with Crippen LogP contribution < -0.4 is 27.6 Å². The van der Waals surface area contributed by atoms with E-state index in [1.54, 1.807) is 0 Å². The summed E-state index contributed by atoms with van der Waals surface area (Å²) in [6.45, 7) is 3.26. The number of aliphatic hydroxyl groups excluding tert-OH is 2. The zero-order valence-corrected chi connectivity index (χ0v) is 17.3. The minimum atomic E-state index is -1.25. The Morgan fingerprint density at radius 3 is 2.14 bits per heavy atom. The van der Waals surface area contributed by atoms with Crippen molar-refractivity contribution >= 4 is 17.8 Å². The molecule has 0 saturated heterocycles. The van der Waals surface area contributed by atoms with Crippen LogP contribution in [-0.4, -0.2) is 98.7 Å². The van der Waals surface area contributed by atoms with E-state index in [4.69, 9.17) is 31.8 Å². The molecule has 1 unspecified atom stereocenters. The molecular weight excluding hydrogens is 372 g/mol. The van der Waals surface area contributed by atoms with Crippen molar-refractivity contribution in [1.82, 2.24) is 5.32 Å². The molecule has 12 heteroatoms. The predicted molar refractivity (Wildman–Crippen MR) is 104 cm³/mol. The maximum Gasteiger partial charge on any atom is 0.214 e. The molecule has 0 aliphatic rings. The van der Waals surface area contributed by atoms with Crippen molar-refractivity contribution in [3.8, 4) is 0 Å². The van der Waals surface area contributed by atoms with Gasteiger partial charge < -0.3 is 51.9 Å². The fourth-order valence-corrected chi connectivity index (χ4v) is 1.27. The average Bonchev–Trinajstić information content (AvgIpc) is 2.54. The molecule has 2 atom stereocenters. The number of aliphatic carboxylic acids is 1. The number of hydrogen-bond donors (Lipinski definition) is 7. The van der Waals surface area contributed by atoms with E-state index in [1.165, 1.54) is 6.92 Å². The topological polar surface area (TPSA) is 221 Å². The molecule has 0 heterocycles. The number of hydrogen-bond acceptors (Lipinski definition) is 8. The first-order chi connectivity index (χ1) is 12.7. The Labute approximate surface area is 166 Å². The number of rotatable bonds is 11. The highest BCUT2D eigenvalue weighted by Gasteiger charge is 2.07. The summed E-state index contributed by atoms with van der Waals surface area (Å²) < 4.78 is 5.98. The van der Waals surface area contributed by atoms with Crippen LogP contribution in [0.25, 0.3) is 0 Å². The maximum atomic E-state index is 10.1. The van der Waals surface area contributed by atoms with Crippen LogP contribution in [0.5, 0.6) is 0 Å². The SMILES string of the molecule is CC(N)=O.C[N+](C)(C)CCOCC(O)CO.N=C(N)NCCC[C@H](N)C(=O)[O-]. The van der Waals surface area contributed by atoms with Gasteiger partial charge in [-0.15, -0.1) is 0 Å². The van der Waals surface area contributed by atoms with E-state index < -0.39 is 18.1 Å². The molecule has 0 aromatic carbocycles. The van der Waals surface area contributed by atoms with E-state index in [0.29, 0.717) is 26.0 Å². The summed E-state index contributed by atoms with van der Waals surface area (Å²) in [7, 11) is 6.23. The molecule has 168 valence electrons. The predicted octanol–water partition coefficient (Wildman–Crippen LogP) is -4.12. The number of nitrogens with two attached hydrogens (primary N) is 3. The highest BCUT2D eigenvalue weighted by Crippen LogP contribution is 1.91. The standard InChI is InChI=1S/C8H20NO3.C6H14N4O2.C2H5NO/c1-9(2,3)4-5-12-7-8(11)6-10;7-4(5(11)12)2-1-3-10-6(8)9;1-2(3)4/h8,10-11H,4-7H2,1-3H3;4H,1-3,7H2,(H,11,12)(H4,8,9,10);1H3,(H2,3,4)/q+1;;/p-1/t;4-;/m.0./s1. The molecule has 0 aliphatic carbocycles. The van der Waals surface area contributed by atoms with Gasteiger partial charge >= 0.3 is 0 Å².